The summed E-state index contributed by atoms with van der Waals surface area (Å²) in [5.41, 5.74) is 6.32. The maximum Gasteiger partial charge on any atom is 0.250 e. The molecule has 2 aromatic carbocycles. The SMILES string of the molecule is NC(=O)c1ccc(NC(=O)Cc2cccc(F)c2)cc1Cl. The molecule has 2 amide bonds. The van der Waals surface area contributed by atoms with E-state index < -0.39 is 11.7 Å². The van der Waals surface area contributed by atoms with Gasteiger partial charge in [-0.05, 0) is 35.9 Å². The highest BCUT2D eigenvalue weighted by Gasteiger charge is 2.09. The second-order valence-electron chi connectivity index (χ2n) is 4.41. The van der Waals surface area contributed by atoms with Crippen LogP contribution >= 0.6 is 11.6 Å². The van der Waals surface area contributed by atoms with Gasteiger partial charge in [-0.3, -0.25) is 9.59 Å². The first-order chi connectivity index (χ1) is 9.95. The van der Waals surface area contributed by atoms with Crippen molar-refractivity contribution in [1.82, 2.24) is 0 Å². The molecule has 3 N–H and O–H groups in total. The maximum atomic E-state index is 13.0. The predicted molar refractivity (Wildman–Crippen MR) is 78.7 cm³/mol. The van der Waals surface area contributed by atoms with Crippen LogP contribution in [-0.4, -0.2) is 11.8 Å². The van der Waals surface area contributed by atoms with Crippen LogP contribution in [0.2, 0.25) is 5.02 Å². The van der Waals surface area contributed by atoms with E-state index in [1.54, 1.807) is 6.07 Å². The summed E-state index contributed by atoms with van der Waals surface area (Å²) in [4.78, 5) is 22.9. The minimum atomic E-state index is -0.641. The summed E-state index contributed by atoms with van der Waals surface area (Å²) in [6.07, 6.45) is 0.0347. The molecule has 6 heteroatoms. The molecule has 0 unspecified atom stereocenters. The van der Waals surface area contributed by atoms with E-state index in [0.29, 0.717) is 11.3 Å². The zero-order valence-electron chi connectivity index (χ0n) is 10.9. The van der Waals surface area contributed by atoms with Gasteiger partial charge in [0.1, 0.15) is 5.82 Å². The molecule has 0 aliphatic rings. The molecule has 4 nitrogen and oxygen atoms in total. The molecule has 0 spiro atoms. The lowest BCUT2D eigenvalue weighted by Crippen LogP contribution is -2.15. The molecular weight excluding hydrogens is 295 g/mol. The molecule has 0 fully saturated rings. The van der Waals surface area contributed by atoms with Crippen molar-refractivity contribution in [1.29, 1.82) is 0 Å². The number of carbonyl (C=O) groups is 2. The van der Waals surface area contributed by atoms with Gasteiger partial charge in [0.2, 0.25) is 11.8 Å². The lowest BCUT2D eigenvalue weighted by atomic mass is 10.1. The summed E-state index contributed by atoms with van der Waals surface area (Å²) < 4.78 is 13.0. The number of nitrogens with one attached hydrogen (secondary N) is 1. The lowest BCUT2D eigenvalue weighted by molar-refractivity contribution is -0.115. The van der Waals surface area contributed by atoms with Crippen LogP contribution in [0.5, 0.6) is 0 Å². The van der Waals surface area contributed by atoms with Crippen molar-refractivity contribution < 1.29 is 14.0 Å². The number of nitrogens with two attached hydrogens (primary N) is 1. The third-order valence-corrected chi connectivity index (χ3v) is 3.08. The molecule has 2 rings (SSSR count). The Morgan fingerprint density at radius 1 is 1.19 bits per heavy atom. The van der Waals surface area contributed by atoms with Crippen molar-refractivity contribution >= 4 is 29.1 Å². The Hall–Kier alpha value is -2.40. The van der Waals surface area contributed by atoms with E-state index in [4.69, 9.17) is 17.3 Å². The van der Waals surface area contributed by atoms with Crippen LogP contribution in [0, 0.1) is 5.82 Å². The van der Waals surface area contributed by atoms with E-state index >= 15 is 0 Å². The third-order valence-electron chi connectivity index (χ3n) is 2.77. The topological polar surface area (TPSA) is 72.2 Å². The van der Waals surface area contributed by atoms with Gasteiger partial charge in [0, 0.05) is 5.69 Å². The van der Waals surface area contributed by atoms with Crippen molar-refractivity contribution in [3.8, 4) is 0 Å². The van der Waals surface area contributed by atoms with Crippen molar-refractivity contribution in [2.45, 2.75) is 6.42 Å². The summed E-state index contributed by atoms with van der Waals surface area (Å²) in [5, 5.41) is 2.78. The van der Waals surface area contributed by atoms with E-state index in [9.17, 15) is 14.0 Å². The Morgan fingerprint density at radius 2 is 1.95 bits per heavy atom. The Balaban J connectivity index is 2.06. The Labute approximate surface area is 125 Å². The average Bonchev–Trinajstić information content (AvgIpc) is 2.38. The number of hydrogen-bond donors (Lipinski definition) is 2. The van der Waals surface area contributed by atoms with E-state index in [0.717, 1.165) is 0 Å². The maximum absolute atomic E-state index is 13.0. The van der Waals surface area contributed by atoms with E-state index in [2.05, 4.69) is 5.32 Å². The standard InChI is InChI=1S/C15H12ClFN2O2/c16-13-8-11(4-5-12(13)15(18)21)19-14(20)7-9-2-1-3-10(17)6-9/h1-6,8H,7H2,(H2,18,21)(H,19,20). The van der Waals surface area contributed by atoms with Crippen LogP contribution in [0.15, 0.2) is 42.5 Å². The van der Waals surface area contributed by atoms with Crippen molar-refractivity contribution in [2.75, 3.05) is 5.32 Å². The molecule has 2 aromatic rings. The highest BCUT2D eigenvalue weighted by molar-refractivity contribution is 6.34. The van der Waals surface area contributed by atoms with Crippen LogP contribution in [0.25, 0.3) is 0 Å². The van der Waals surface area contributed by atoms with Gasteiger partial charge in [0.15, 0.2) is 0 Å². The quantitative estimate of drug-likeness (QED) is 0.911. The van der Waals surface area contributed by atoms with Crippen LogP contribution < -0.4 is 11.1 Å². The van der Waals surface area contributed by atoms with Crippen molar-refractivity contribution in [3.63, 3.8) is 0 Å². The molecule has 0 heterocycles. The number of primary amides is 1. The number of benzene rings is 2. The van der Waals surface area contributed by atoms with Gasteiger partial charge in [0.25, 0.3) is 0 Å². The van der Waals surface area contributed by atoms with E-state index in [1.807, 2.05) is 0 Å². The molecule has 0 saturated heterocycles. The van der Waals surface area contributed by atoms with E-state index in [1.165, 1.54) is 36.4 Å². The molecule has 0 radical (unpaired) electrons. The predicted octanol–water partition coefficient (Wildman–Crippen LogP) is 2.76. The Kier molecular flexibility index (Phi) is 4.55. The van der Waals surface area contributed by atoms with Gasteiger partial charge in [-0.2, -0.15) is 0 Å². The second kappa shape index (κ2) is 6.37. The van der Waals surface area contributed by atoms with E-state index in [-0.39, 0.29) is 22.9 Å². The monoisotopic (exact) mass is 306 g/mol. The number of rotatable bonds is 4. The normalized spacial score (nSPS) is 10.2. The molecule has 108 valence electrons. The van der Waals surface area contributed by atoms with Crippen LogP contribution in [0.1, 0.15) is 15.9 Å². The first kappa shape index (κ1) is 15.0. The first-order valence-electron chi connectivity index (χ1n) is 6.09. The number of amides is 2. The molecule has 0 atom stereocenters. The highest BCUT2D eigenvalue weighted by atomic mass is 35.5. The van der Waals surface area contributed by atoms with Gasteiger partial charge < -0.3 is 11.1 Å². The zero-order chi connectivity index (χ0) is 15.4. The van der Waals surface area contributed by atoms with Gasteiger partial charge >= 0.3 is 0 Å². The Bertz CT molecular complexity index is 704. The van der Waals surface area contributed by atoms with Crippen molar-refractivity contribution in [2.24, 2.45) is 5.73 Å². The van der Waals surface area contributed by atoms with Gasteiger partial charge in [-0.25, -0.2) is 4.39 Å². The molecular formula is C15H12ClFN2O2. The summed E-state index contributed by atoms with van der Waals surface area (Å²) in [7, 11) is 0. The average molecular weight is 307 g/mol. The zero-order valence-corrected chi connectivity index (χ0v) is 11.7. The largest absolute Gasteiger partial charge is 0.366 e. The van der Waals surface area contributed by atoms with Crippen LogP contribution in [-0.2, 0) is 11.2 Å². The summed E-state index contributed by atoms with van der Waals surface area (Å²) >= 11 is 5.89. The summed E-state index contributed by atoms with van der Waals surface area (Å²) in [6, 6.07) is 10.2. The Morgan fingerprint density at radius 3 is 2.57 bits per heavy atom. The molecule has 21 heavy (non-hydrogen) atoms. The van der Waals surface area contributed by atoms with Crippen LogP contribution in [0.4, 0.5) is 10.1 Å². The number of hydrogen-bond acceptors (Lipinski definition) is 2. The fraction of sp³-hybridized carbons (Fsp3) is 0.0667. The molecule has 0 saturated carbocycles. The number of carbonyl (C=O) groups excluding carboxylic acids is 2. The second-order valence-corrected chi connectivity index (χ2v) is 4.82. The van der Waals surface area contributed by atoms with Gasteiger partial charge in [-0.15, -0.1) is 0 Å². The van der Waals surface area contributed by atoms with Gasteiger partial charge in [-0.1, -0.05) is 23.7 Å². The highest BCUT2D eigenvalue weighted by Crippen LogP contribution is 2.20. The fourth-order valence-electron chi connectivity index (χ4n) is 1.83. The first-order valence-corrected chi connectivity index (χ1v) is 6.47. The third kappa shape index (κ3) is 4.03. The minimum Gasteiger partial charge on any atom is -0.366 e. The summed E-state index contributed by atoms with van der Waals surface area (Å²) in [6.45, 7) is 0. The molecule has 0 aliphatic heterocycles. The minimum absolute atomic E-state index is 0.0347. The number of anilines is 1. The lowest BCUT2D eigenvalue weighted by Gasteiger charge is -2.07. The molecule has 0 bridgehead atoms. The smallest absolute Gasteiger partial charge is 0.250 e. The molecule has 0 aromatic heterocycles. The molecule has 0 aliphatic carbocycles. The fourth-order valence-corrected chi connectivity index (χ4v) is 2.10. The van der Waals surface area contributed by atoms with Crippen molar-refractivity contribution in [3.05, 3.63) is 64.4 Å². The summed E-state index contributed by atoms with van der Waals surface area (Å²) in [5.74, 6) is -1.35. The van der Waals surface area contributed by atoms with Gasteiger partial charge in [0.05, 0.1) is 17.0 Å². The number of halogens is 2. The van der Waals surface area contributed by atoms with Crippen LogP contribution in [0.3, 0.4) is 0 Å².